The number of ether oxygens (including phenoxy) is 2. The lowest BCUT2D eigenvalue weighted by Gasteiger charge is -2.15. The summed E-state index contributed by atoms with van der Waals surface area (Å²) in [5.74, 6) is 1.18. The maximum atomic E-state index is 12.8. The quantitative estimate of drug-likeness (QED) is 0.347. The molecule has 1 saturated heterocycles. The molecule has 1 aliphatic heterocycles. The minimum Gasteiger partial charge on any atom is -0.493 e. The molecular weight excluding hydrogens is 452 g/mol. The normalized spacial score (nSPS) is 13.7. The second-order valence-electron chi connectivity index (χ2n) is 9.17. The fourth-order valence-corrected chi connectivity index (χ4v) is 4.64. The van der Waals surface area contributed by atoms with E-state index < -0.39 is 0 Å². The first kappa shape index (κ1) is 23.9. The van der Waals surface area contributed by atoms with Gasteiger partial charge in [0.1, 0.15) is 6.61 Å². The minimum atomic E-state index is -0.0857. The van der Waals surface area contributed by atoms with Gasteiger partial charge in [0.2, 0.25) is 5.91 Å². The van der Waals surface area contributed by atoms with Gasteiger partial charge in [-0.2, -0.15) is 5.10 Å². The van der Waals surface area contributed by atoms with Crippen molar-refractivity contribution in [1.82, 2.24) is 14.7 Å². The van der Waals surface area contributed by atoms with Crippen molar-refractivity contribution in [1.29, 1.82) is 0 Å². The van der Waals surface area contributed by atoms with E-state index in [-0.39, 0.29) is 12.3 Å². The van der Waals surface area contributed by atoms with E-state index in [1.165, 1.54) is 25.9 Å². The van der Waals surface area contributed by atoms with Crippen LogP contribution in [0.4, 0.5) is 5.69 Å². The summed E-state index contributed by atoms with van der Waals surface area (Å²) < 4.78 is 13.5. The molecule has 1 aromatic heterocycles. The van der Waals surface area contributed by atoms with Crippen LogP contribution in [-0.4, -0.2) is 47.3 Å². The lowest BCUT2D eigenvalue weighted by molar-refractivity contribution is -0.115. The van der Waals surface area contributed by atoms with Crippen LogP contribution in [0.5, 0.6) is 11.5 Å². The molecule has 36 heavy (non-hydrogen) atoms. The SMILES string of the molecule is COc1cc(CC(=O)Nc2ccc3cnn(CCN4CCCC4)c3c2)ccc1OCc1ccccc1. The Labute approximate surface area is 211 Å². The van der Waals surface area contributed by atoms with Crippen molar-refractivity contribution < 1.29 is 14.3 Å². The van der Waals surface area contributed by atoms with Crippen LogP contribution >= 0.6 is 0 Å². The molecule has 0 atom stereocenters. The van der Waals surface area contributed by atoms with Crippen LogP contribution in [0.15, 0.2) is 72.9 Å². The number of aromatic nitrogens is 2. The first-order valence-corrected chi connectivity index (χ1v) is 12.5. The minimum absolute atomic E-state index is 0.0857. The molecule has 4 aromatic rings. The number of fused-ring (bicyclic) bond motifs is 1. The first-order valence-electron chi connectivity index (χ1n) is 12.5. The Bertz CT molecular complexity index is 1310. The first-order chi connectivity index (χ1) is 17.7. The molecule has 2 heterocycles. The number of carbonyl (C=O) groups excluding carboxylic acids is 1. The number of hydrogen-bond acceptors (Lipinski definition) is 5. The topological polar surface area (TPSA) is 68.6 Å². The molecule has 0 bridgehead atoms. The van der Waals surface area contributed by atoms with Crippen LogP contribution < -0.4 is 14.8 Å². The Kier molecular flexibility index (Phi) is 7.47. The summed E-state index contributed by atoms with van der Waals surface area (Å²) in [6, 6.07) is 21.5. The van der Waals surface area contributed by atoms with E-state index in [1.807, 2.05) is 77.6 Å². The van der Waals surface area contributed by atoms with Crippen molar-refractivity contribution in [2.24, 2.45) is 0 Å². The molecule has 0 radical (unpaired) electrons. The van der Waals surface area contributed by atoms with E-state index in [9.17, 15) is 4.79 Å². The molecule has 1 fully saturated rings. The summed E-state index contributed by atoms with van der Waals surface area (Å²) in [4.78, 5) is 15.3. The molecule has 3 aromatic carbocycles. The Morgan fingerprint density at radius 3 is 2.58 bits per heavy atom. The van der Waals surface area contributed by atoms with Crippen LogP contribution in [0.2, 0.25) is 0 Å². The van der Waals surface area contributed by atoms with E-state index >= 15 is 0 Å². The Hall–Kier alpha value is -3.84. The van der Waals surface area contributed by atoms with E-state index in [0.717, 1.165) is 40.8 Å². The average molecular weight is 485 g/mol. The third-order valence-electron chi connectivity index (χ3n) is 6.59. The van der Waals surface area contributed by atoms with Crippen molar-refractivity contribution in [3.8, 4) is 11.5 Å². The molecule has 7 heteroatoms. The molecule has 0 spiro atoms. The van der Waals surface area contributed by atoms with E-state index in [4.69, 9.17) is 9.47 Å². The Morgan fingerprint density at radius 2 is 1.78 bits per heavy atom. The number of anilines is 1. The van der Waals surface area contributed by atoms with Gasteiger partial charge in [-0.05, 0) is 67.4 Å². The molecule has 7 nitrogen and oxygen atoms in total. The van der Waals surface area contributed by atoms with Crippen molar-refractivity contribution >= 4 is 22.5 Å². The fraction of sp³-hybridized carbons (Fsp3) is 0.310. The Morgan fingerprint density at radius 1 is 0.944 bits per heavy atom. The van der Waals surface area contributed by atoms with Crippen LogP contribution in [0, 0.1) is 0 Å². The maximum absolute atomic E-state index is 12.8. The van der Waals surface area contributed by atoms with Crippen molar-refractivity contribution in [3.63, 3.8) is 0 Å². The number of hydrogen-bond donors (Lipinski definition) is 1. The molecule has 1 aliphatic rings. The predicted molar refractivity (Wildman–Crippen MR) is 142 cm³/mol. The number of likely N-dealkylation sites (tertiary alicyclic amines) is 1. The highest BCUT2D eigenvalue weighted by Gasteiger charge is 2.13. The van der Waals surface area contributed by atoms with Crippen LogP contribution in [0.25, 0.3) is 10.9 Å². The van der Waals surface area contributed by atoms with Gasteiger partial charge in [-0.25, -0.2) is 0 Å². The van der Waals surface area contributed by atoms with Gasteiger partial charge >= 0.3 is 0 Å². The molecule has 0 saturated carbocycles. The summed E-state index contributed by atoms with van der Waals surface area (Å²) in [5.41, 5.74) is 3.74. The number of amides is 1. The number of nitrogens with zero attached hydrogens (tertiary/aromatic N) is 3. The summed E-state index contributed by atoms with van der Waals surface area (Å²) >= 11 is 0. The maximum Gasteiger partial charge on any atom is 0.228 e. The second-order valence-corrected chi connectivity index (χ2v) is 9.17. The standard InChI is InChI=1S/C29H32N4O3/c1-35-28-17-23(9-12-27(28)36-21-22-7-3-2-4-8-22)18-29(34)31-25-11-10-24-20-30-33(26(24)19-25)16-15-32-13-5-6-14-32/h2-4,7-12,17,19-20H,5-6,13-16,18,21H2,1H3,(H,31,34). The molecule has 186 valence electrons. The van der Waals surface area contributed by atoms with Gasteiger partial charge in [0.25, 0.3) is 0 Å². The Balaban J connectivity index is 1.21. The highest BCUT2D eigenvalue weighted by Crippen LogP contribution is 2.29. The molecule has 5 rings (SSSR count). The number of nitrogens with one attached hydrogen (secondary N) is 1. The second kappa shape index (κ2) is 11.3. The molecule has 1 N–H and O–H groups in total. The van der Waals surface area contributed by atoms with Gasteiger partial charge in [0.05, 0.1) is 31.8 Å². The zero-order chi connectivity index (χ0) is 24.7. The molecular formula is C29H32N4O3. The fourth-order valence-electron chi connectivity index (χ4n) is 4.64. The van der Waals surface area contributed by atoms with Gasteiger partial charge < -0.3 is 19.7 Å². The van der Waals surface area contributed by atoms with Crippen LogP contribution in [-0.2, 0) is 24.4 Å². The monoisotopic (exact) mass is 484 g/mol. The molecule has 0 aliphatic carbocycles. The van der Waals surface area contributed by atoms with Gasteiger partial charge in [-0.3, -0.25) is 9.48 Å². The molecule has 1 amide bonds. The summed E-state index contributed by atoms with van der Waals surface area (Å²) in [6.45, 7) is 4.64. The zero-order valence-corrected chi connectivity index (χ0v) is 20.7. The average Bonchev–Trinajstić information content (AvgIpc) is 3.57. The summed E-state index contributed by atoms with van der Waals surface area (Å²) in [7, 11) is 1.61. The van der Waals surface area contributed by atoms with Gasteiger partial charge in [-0.15, -0.1) is 0 Å². The van der Waals surface area contributed by atoms with Crippen molar-refractivity contribution in [2.45, 2.75) is 32.4 Å². The van der Waals surface area contributed by atoms with Gasteiger partial charge in [0.15, 0.2) is 11.5 Å². The largest absolute Gasteiger partial charge is 0.493 e. The number of rotatable bonds is 10. The van der Waals surface area contributed by atoms with E-state index in [2.05, 4.69) is 15.3 Å². The van der Waals surface area contributed by atoms with Crippen LogP contribution in [0.1, 0.15) is 24.0 Å². The van der Waals surface area contributed by atoms with Crippen molar-refractivity contribution in [3.05, 3.63) is 84.1 Å². The third kappa shape index (κ3) is 5.86. The third-order valence-corrected chi connectivity index (χ3v) is 6.59. The van der Waals surface area contributed by atoms with Crippen LogP contribution in [0.3, 0.4) is 0 Å². The summed E-state index contributed by atoms with van der Waals surface area (Å²) in [6.07, 6.45) is 4.69. The van der Waals surface area contributed by atoms with E-state index in [0.29, 0.717) is 18.1 Å². The van der Waals surface area contributed by atoms with Crippen molar-refractivity contribution in [2.75, 3.05) is 32.1 Å². The van der Waals surface area contributed by atoms with Gasteiger partial charge in [0, 0.05) is 17.6 Å². The van der Waals surface area contributed by atoms with Gasteiger partial charge in [-0.1, -0.05) is 36.4 Å². The lowest BCUT2D eigenvalue weighted by atomic mass is 10.1. The zero-order valence-electron chi connectivity index (χ0n) is 20.7. The number of methoxy groups -OCH3 is 1. The lowest BCUT2D eigenvalue weighted by Crippen LogP contribution is -2.24. The number of carbonyl (C=O) groups is 1. The highest BCUT2D eigenvalue weighted by molar-refractivity contribution is 5.94. The van der Waals surface area contributed by atoms with E-state index in [1.54, 1.807) is 7.11 Å². The molecule has 0 unspecified atom stereocenters. The smallest absolute Gasteiger partial charge is 0.228 e. The predicted octanol–water partition coefficient (Wildman–Crippen LogP) is 4.90. The summed E-state index contributed by atoms with van der Waals surface area (Å²) in [5, 5.41) is 8.66. The highest BCUT2D eigenvalue weighted by atomic mass is 16.5. The number of benzene rings is 3.